The first kappa shape index (κ1) is 27.2. The van der Waals surface area contributed by atoms with Crippen LogP contribution >= 0.6 is 23.2 Å². The van der Waals surface area contributed by atoms with Crippen molar-refractivity contribution < 1.29 is 36.2 Å². The maximum absolute atomic E-state index is 12.9. The second-order valence-corrected chi connectivity index (χ2v) is 10.8. The first-order valence-corrected chi connectivity index (χ1v) is 13.0. The van der Waals surface area contributed by atoms with Crippen molar-refractivity contribution in [2.45, 2.75) is 17.4 Å². The number of fused-ring (bicyclic) bond motifs is 1. The Morgan fingerprint density at radius 2 is 1.78 bits per heavy atom. The number of nitrogens with zero attached hydrogens (tertiary/aromatic N) is 1. The van der Waals surface area contributed by atoms with Gasteiger partial charge in [0.1, 0.15) is 23.2 Å². The summed E-state index contributed by atoms with van der Waals surface area (Å²) in [5, 5.41) is 10.8. The third kappa shape index (κ3) is 5.86. The Hall–Kier alpha value is -2.83. The number of hydrogen-bond acceptors (Lipinski definition) is 6. The predicted octanol–water partition coefficient (Wildman–Crippen LogP) is 5.94. The maximum Gasteiger partial charge on any atom is 0.573 e. The lowest BCUT2D eigenvalue weighted by Gasteiger charge is -2.15. The van der Waals surface area contributed by atoms with Crippen molar-refractivity contribution in [1.82, 2.24) is 9.97 Å². The number of methoxy groups -OCH3 is 1. The number of aromatic nitrogens is 2. The molecule has 0 aliphatic carbocycles. The van der Waals surface area contributed by atoms with Gasteiger partial charge in [-0.05, 0) is 29.8 Å². The van der Waals surface area contributed by atoms with E-state index in [-0.39, 0.29) is 49.8 Å². The zero-order valence-electron chi connectivity index (χ0n) is 19.0. The summed E-state index contributed by atoms with van der Waals surface area (Å²) in [5.41, 5.74) is 0.925. The maximum atomic E-state index is 12.9. The number of rotatable bonds is 8. The van der Waals surface area contributed by atoms with Crippen LogP contribution in [0.1, 0.15) is 17.5 Å². The average Bonchev–Trinajstić information content (AvgIpc) is 3.27. The van der Waals surface area contributed by atoms with Crippen molar-refractivity contribution in [2.75, 3.05) is 19.5 Å². The van der Waals surface area contributed by atoms with Crippen molar-refractivity contribution in [2.24, 2.45) is 0 Å². The molecule has 1 heterocycles. The third-order valence-corrected chi connectivity index (χ3v) is 7.80. The fourth-order valence-corrected chi connectivity index (χ4v) is 5.56. The van der Waals surface area contributed by atoms with Crippen LogP contribution in [0.4, 0.5) is 13.2 Å². The molecule has 1 unspecified atom stereocenters. The minimum absolute atomic E-state index is 0.00657. The number of sulfone groups is 1. The van der Waals surface area contributed by atoms with Gasteiger partial charge < -0.3 is 19.6 Å². The number of hydrogen-bond donors (Lipinski definition) is 2. The van der Waals surface area contributed by atoms with Gasteiger partial charge in [-0.1, -0.05) is 53.5 Å². The lowest BCUT2D eigenvalue weighted by atomic mass is 10.0. The highest BCUT2D eigenvalue weighted by Crippen LogP contribution is 2.44. The lowest BCUT2D eigenvalue weighted by Crippen LogP contribution is -2.17. The summed E-state index contributed by atoms with van der Waals surface area (Å²) in [6.07, 6.45) is -6.22. The van der Waals surface area contributed by atoms with Crippen LogP contribution in [0.2, 0.25) is 10.0 Å². The molecule has 7 nitrogen and oxygen atoms in total. The fraction of sp³-hybridized carbons (Fsp3) is 0.208. The van der Waals surface area contributed by atoms with Crippen LogP contribution in [-0.2, 0) is 14.6 Å². The molecule has 0 spiro atoms. The number of aromatic amines is 1. The molecule has 4 aromatic rings. The molecule has 0 aliphatic rings. The molecule has 37 heavy (non-hydrogen) atoms. The molecule has 0 saturated heterocycles. The van der Waals surface area contributed by atoms with Gasteiger partial charge in [-0.3, -0.25) is 0 Å². The summed E-state index contributed by atoms with van der Waals surface area (Å²) in [6.45, 7) is 0.0454. The van der Waals surface area contributed by atoms with E-state index in [1.165, 1.54) is 55.6 Å². The van der Waals surface area contributed by atoms with E-state index in [1.807, 2.05) is 0 Å². The predicted molar refractivity (Wildman–Crippen MR) is 133 cm³/mol. The lowest BCUT2D eigenvalue weighted by molar-refractivity contribution is -0.274. The van der Waals surface area contributed by atoms with Gasteiger partial charge in [-0.2, -0.15) is 0 Å². The number of imidazole rings is 1. The van der Waals surface area contributed by atoms with E-state index in [0.29, 0.717) is 11.1 Å². The Kier molecular flexibility index (Phi) is 7.72. The summed E-state index contributed by atoms with van der Waals surface area (Å²) in [4.78, 5) is 7.32. The molecule has 0 fully saturated rings. The number of aliphatic hydroxyl groups is 1. The van der Waals surface area contributed by atoms with Crippen molar-refractivity contribution in [3.8, 4) is 16.9 Å². The van der Waals surface area contributed by atoms with Crippen molar-refractivity contribution in [1.29, 1.82) is 0 Å². The van der Waals surface area contributed by atoms with Crippen molar-refractivity contribution in [3.05, 3.63) is 76.0 Å². The van der Waals surface area contributed by atoms with Gasteiger partial charge >= 0.3 is 6.36 Å². The van der Waals surface area contributed by atoms with E-state index in [4.69, 9.17) is 27.9 Å². The molecule has 1 aromatic heterocycles. The highest BCUT2D eigenvalue weighted by molar-refractivity contribution is 7.91. The van der Waals surface area contributed by atoms with E-state index in [2.05, 4.69) is 14.7 Å². The summed E-state index contributed by atoms with van der Waals surface area (Å²) < 4.78 is 72.3. The van der Waals surface area contributed by atoms with E-state index < -0.39 is 28.1 Å². The average molecular weight is 575 g/mol. The molecule has 1 atom stereocenters. The first-order chi connectivity index (χ1) is 17.4. The largest absolute Gasteiger partial charge is 0.573 e. The van der Waals surface area contributed by atoms with Crippen LogP contribution in [0.15, 0.2) is 59.5 Å². The number of nitrogens with one attached hydrogen (secondary N) is 1. The van der Waals surface area contributed by atoms with Crippen LogP contribution in [0, 0.1) is 0 Å². The Bertz CT molecular complexity index is 1540. The number of H-pyrrole nitrogens is 1. The number of aliphatic hydroxyl groups excluding tert-OH is 1. The van der Waals surface area contributed by atoms with Gasteiger partial charge in [0, 0.05) is 18.2 Å². The Morgan fingerprint density at radius 1 is 1.11 bits per heavy atom. The summed E-state index contributed by atoms with van der Waals surface area (Å²) in [7, 11) is -2.15. The van der Waals surface area contributed by atoms with Gasteiger partial charge in [0.25, 0.3) is 0 Å². The minimum atomic E-state index is -4.93. The zero-order valence-corrected chi connectivity index (χ0v) is 21.3. The quantitative estimate of drug-likeness (QED) is 0.270. The number of ether oxygens (including phenoxy) is 2. The van der Waals surface area contributed by atoms with E-state index in [0.717, 1.165) is 6.07 Å². The molecule has 196 valence electrons. The number of benzene rings is 3. The summed E-state index contributed by atoms with van der Waals surface area (Å²) in [5.74, 6) is -0.609. The Morgan fingerprint density at radius 3 is 2.43 bits per heavy atom. The molecule has 4 rings (SSSR count). The number of alkyl halides is 3. The van der Waals surface area contributed by atoms with Crippen molar-refractivity contribution in [3.63, 3.8) is 0 Å². The zero-order chi connectivity index (χ0) is 27.0. The third-order valence-electron chi connectivity index (χ3n) is 5.44. The van der Waals surface area contributed by atoms with Crippen LogP contribution in [0.5, 0.6) is 5.75 Å². The van der Waals surface area contributed by atoms with Crippen LogP contribution in [0.25, 0.3) is 22.2 Å². The van der Waals surface area contributed by atoms with E-state index in [1.54, 1.807) is 0 Å². The topological polar surface area (TPSA) is 102 Å². The molecular weight excluding hydrogens is 556 g/mol. The van der Waals surface area contributed by atoms with Crippen LogP contribution in [0.3, 0.4) is 0 Å². The van der Waals surface area contributed by atoms with Gasteiger partial charge in [0.05, 0.1) is 32.8 Å². The molecule has 0 saturated carbocycles. The highest BCUT2D eigenvalue weighted by Gasteiger charge is 2.33. The SMILES string of the molecule is COCCS(=O)(=O)c1ccc(C(O)c2nc3c(Cl)c(-c4ccccc4OC(F)(F)F)c(Cl)cc3[nH]2)cc1. The Balaban J connectivity index is 1.70. The molecule has 13 heteroatoms. The minimum Gasteiger partial charge on any atom is -0.405 e. The number of halogens is 5. The monoisotopic (exact) mass is 574 g/mol. The van der Waals surface area contributed by atoms with Gasteiger partial charge in [-0.15, -0.1) is 13.2 Å². The highest BCUT2D eigenvalue weighted by atomic mass is 35.5. The normalized spacial score (nSPS) is 13.2. The second-order valence-electron chi connectivity index (χ2n) is 7.89. The molecule has 0 radical (unpaired) electrons. The smallest absolute Gasteiger partial charge is 0.405 e. The molecular formula is C24H19Cl2F3N2O5S. The molecule has 3 aromatic carbocycles. The van der Waals surface area contributed by atoms with Crippen LogP contribution < -0.4 is 4.74 Å². The van der Waals surface area contributed by atoms with Crippen molar-refractivity contribution >= 4 is 44.1 Å². The molecule has 0 aliphatic heterocycles. The van der Waals surface area contributed by atoms with Gasteiger partial charge in [0.15, 0.2) is 9.84 Å². The second kappa shape index (κ2) is 10.5. The first-order valence-electron chi connectivity index (χ1n) is 10.6. The molecule has 2 N–H and O–H groups in total. The standard InChI is InChI=1S/C24H19Cl2F3N2O5S/c1-35-10-11-37(33,34)14-8-6-13(7-9-14)22(32)23-30-17-12-16(25)19(20(26)21(17)31-23)15-4-2-3-5-18(15)36-24(27,28)29/h2-9,12,22,32H,10-11H2,1H3,(H,30,31). The molecule has 0 bridgehead atoms. The Labute approximate surface area is 219 Å². The van der Waals surface area contributed by atoms with Gasteiger partial charge in [0.2, 0.25) is 0 Å². The fourth-order valence-electron chi connectivity index (χ4n) is 3.69. The van der Waals surface area contributed by atoms with E-state index >= 15 is 0 Å². The van der Waals surface area contributed by atoms with E-state index in [9.17, 15) is 26.7 Å². The van der Waals surface area contributed by atoms with Gasteiger partial charge in [-0.25, -0.2) is 13.4 Å². The number of para-hydroxylation sites is 1. The summed E-state index contributed by atoms with van der Waals surface area (Å²) in [6, 6.07) is 12.5. The van der Waals surface area contributed by atoms with Crippen LogP contribution in [-0.4, -0.2) is 49.3 Å². The molecule has 0 amide bonds. The summed E-state index contributed by atoms with van der Waals surface area (Å²) >= 11 is 12.9.